The quantitative estimate of drug-likeness (QED) is 0.315. The highest BCUT2D eigenvalue weighted by atomic mass is 16.5. The van der Waals surface area contributed by atoms with Crippen molar-refractivity contribution >= 4 is 22.5 Å². The van der Waals surface area contributed by atoms with Crippen molar-refractivity contribution in [1.29, 1.82) is 0 Å². The van der Waals surface area contributed by atoms with Crippen molar-refractivity contribution in [3.05, 3.63) is 78.4 Å². The van der Waals surface area contributed by atoms with Gasteiger partial charge < -0.3 is 14.8 Å². The Bertz CT molecular complexity index is 1440. The lowest BCUT2D eigenvalue weighted by Crippen LogP contribution is -2.52. The molecule has 0 spiro atoms. The topological polar surface area (TPSA) is 79.5 Å². The Morgan fingerprint density at radius 2 is 1.74 bits per heavy atom. The molecular formula is C32H34N4O3. The number of ether oxygens (including phenoxy) is 2. The first-order valence-electron chi connectivity index (χ1n) is 14.1. The third-order valence-electron chi connectivity index (χ3n) is 8.41. The zero-order valence-electron chi connectivity index (χ0n) is 22.0. The molecule has 4 aromatic rings. The molecule has 1 atom stereocenters. The summed E-state index contributed by atoms with van der Waals surface area (Å²) in [6.07, 6.45) is 4.55. The number of carbonyl (C=O) groups excluding carboxylic acids is 1. The van der Waals surface area contributed by atoms with E-state index in [0.717, 1.165) is 91.1 Å². The molecule has 1 aromatic heterocycles. The van der Waals surface area contributed by atoms with Gasteiger partial charge in [-0.1, -0.05) is 30.3 Å². The molecule has 2 saturated heterocycles. The Morgan fingerprint density at radius 1 is 0.974 bits per heavy atom. The van der Waals surface area contributed by atoms with E-state index in [1.54, 1.807) is 0 Å². The van der Waals surface area contributed by atoms with E-state index >= 15 is 0 Å². The van der Waals surface area contributed by atoms with Crippen LogP contribution in [0.4, 0.5) is 5.69 Å². The Kier molecular flexibility index (Phi) is 6.54. The van der Waals surface area contributed by atoms with Crippen molar-refractivity contribution in [3.63, 3.8) is 0 Å². The number of hydrogen-bond donors (Lipinski definition) is 2. The maximum absolute atomic E-state index is 13.3. The predicted molar refractivity (Wildman–Crippen MR) is 152 cm³/mol. The second-order valence-corrected chi connectivity index (χ2v) is 11.1. The van der Waals surface area contributed by atoms with Gasteiger partial charge in [-0.3, -0.25) is 14.8 Å². The molecule has 0 bridgehead atoms. The summed E-state index contributed by atoms with van der Waals surface area (Å²) in [4.78, 5) is 15.9. The minimum atomic E-state index is -0.113. The van der Waals surface area contributed by atoms with Crippen molar-refractivity contribution in [3.8, 4) is 17.0 Å². The number of benzene rings is 3. The number of rotatable bonds is 8. The Labute approximate surface area is 228 Å². The van der Waals surface area contributed by atoms with Gasteiger partial charge in [-0.25, -0.2) is 0 Å². The standard InChI is InChI=1S/C32H34N4O3/c37-32(30(22-6-7-22)21-4-2-1-3-5-21)33-24-10-13-29-28(18-24)31(35-34-29)23-8-11-26(12-9-23)39-27-14-16-36(17-15-27)25-19-38-20-25/h1-5,8-13,18,22,25,27,30H,6-7,14-17,19-20H2,(H,33,37)(H,34,35). The first kappa shape index (κ1) is 24.4. The summed E-state index contributed by atoms with van der Waals surface area (Å²) in [6, 6.07) is 24.9. The Balaban J connectivity index is 1.04. The number of carbonyl (C=O) groups is 1. The molecule has 7 heteroatoms. The number of nitrogens with zero attached hydrogens (tertiary/aromatic N) is 2. The third kappa shape index (κ3) is 5.16. The van der Waals surface area contributed by atoms with Crippen LogP contribution in [0.2, 0.25) is 0 Å². The van der Waals surface area contributed by atoms with E-state index in [2.05, 4.69) is 44.7 Å². The van der Waals surface area contributed by atoms with Gasteiger partial charge in [0.2, 0.25) is 5.91 Å². The van der Waals surface area contributed by atoms with Crippen LogP contribution in [0.1, 0.15) is 37.2 Å². The number of aromatic nitrogens is 2. The molecular weight excluding hydrogens is 488 g/mol. The summed E-state index contributed by atoms with van der Waals surface area (Å²) in [7, 11) is 0. The highest BCUT2D eigenvalue weighted by Crippen LogP contribution is 2.43. The number of aromatic amines is 1. The number of piperidine rings is 1. The van der Waals surface area contributed by atoms with Gasteiger partial charge >= 0.3 is 0 Å². The van der Waals surface area contributed by atoms with Crippen LogP contribution in [0.3, 0.4) is 0 Å². The van der Waals surface area contributed by atoms with Crippen LogP contribution in [0.25, 0.3) is 22.2 Å². The average molecular weight is 523 g/mol. The van der Waals surface area contributed by atoms with Gasteiger partial charge in [0.1, 0.15) is 11.9 Å². The molecule has 3 fully saturated rings. The SMILES string of the molecule is O=C(Nc1ccc2[nH]nc(-c3ccc(OC4CCN(C5COC5)CC4)cc3)c2c1)C(c1ccccc1)C1CC1. The molecule has 1 aliphatic carbocycles. The number of anilines is 1. The Morgan fingerprint density at radius 3 is 2.44 bits per heavy atom. The lowest BCUT2D eigenvalue weighted by Gasteiger charge is -2.41. The van der Waals surface area contributed by atoms with Gasteiger partial charge in [0.15, 0.2) is 0 Å². The van der Waals surface area contributed by atoms with Crippen LogP contribution < -0.4 is 10.1 Å². The summed E-state index contributed by atoms with van der Waals surface area (Å²) in [5.74, 6) is 1.26. The fourth-order valence-corrected chi connectivity index (χ4v) is 5.94. The van der Waals surface area contributed by atoms with Crippen LogP contribution in [-0.2, 0) is 9.53 Å². The van der Waals surface area contributed by atoms with Crippen molar-refractivity contribution in [1.82, 2.24) is 15.1 Å². The second kappa shape index (κ2) is 10.5. The van der Waals surface area contributed by atoms with Crippen molar-refractivity contribution in [2.75, 3.05) is 31.6 Å². The number of nitrogens with one attached hydrogen (secondary N) is 2. The first-order valence-corrected chi connectivity index (χ1v) is 14.1. The van der Waals surface area contributed by atoms with Crippen molar-refractivity contribution < 1.29 is 14.3 Å². The number of H-pyrrole nitrogens is 1. The largest absolute Gasteiger partial charge is 0.490 e. The average Bonchev–Trinajstić information content (AvgIpc) is 3.68. The molecule has 2 aliphatic heterocycles. The highest BCUT2D eigenvalue weighted by molar-refractivity contribution is 6.00. The highest BCUT2D eigenvalue weighted by Gasteiger charge is 2.37. The molecule has 1 amide bonds. The molecule has 3 heterocycles. The third-order valence-corrected chi connectivity index (χ3v) is 8.41. The van der Waals surface area contributed by atoms with Crippen LogP contribution >= 0.6 is 0 Å². The van der Waals surface area contributed by atoms with Crippen LogP contribution in [0.5, 0.6) is 5.75 Å². The zero-order chi connectivity index (χ0) is 26.2. The lowest BCUT2D eigenvalue weighted by atomic mass is 9.93. The normalized spacial score (nSPS) is 19.5. The zero-order valence-corrected chi connectivity index (χ0v) is 22.0. The molecule has 39 heavy (non-hydrogen) atoms. The van der Waals surface area contributed by atoms with E-state index in [4.69, 9.17) is 9.47 Å². The maximum atomic E-state index is 13.3. The van der Waals surface area contributed by atoms with E-state index in [9.17, 15) is 4.79 Å². The number of likely N-dealkylation sites (tertiary alicyclic amines) is 1. The summed E-state index contributed by atoms with van der Waals surface area (Å²) >= 11 is 0. The van der Waals surface area contributed by atoms with Gasteiger partial charge in [0.05, 0.1) is 36.4 Å². The molecule has 7 nitrogen and oxygen atoms in total. The van der Waals surface area contributed by atoms with E-state index in [0.29, 0.717) is 12.0 Å². The Hall–Kier alpha value is -3.68. The summed E-state index contributed by atoms with van der Waals surface area (Å²) in [5, 5.41) is 11.9. The minimum absolute atomic E-state index is 0.0569. The molecule has 3 aromatic carbocycles. The van der Waals surface area contributed by atoms with Crippen LogP contribution in [0, 0.1) is 5.92 Å². The maximum Gasteiger partial charge on any atom is 0.232 e. The summed E-state index contributed by atoms with van der Waals surface area (Å²) in [6.45, 7) is 3.89. The minimum Gasteiger partial charge on any atom is -0.490 e. The molecule has 2 N–H and O–H groups in total. The van der Waals surface area contributed by atoms with Crippen LogP contribution in [-0.4, -0.2) is 59.5 Å². The molecule has 1 saturated carbocycles. The van der Waals surface area contributed by atoms with Gasteiger partial charge in [0.25, 0.3) is 0 Å². The van der Waals surface area contributed by atoms with E-state index in [-0.39, 0.29) is 17.9 Å². The van der Waals surface area contributed by atoms with Crippen molar-refractivity contribution in [2.24, 2.45) is 5.92 Å². The number of hydrogen-bond acceptors (Lipinski definition) is 5. The second-order valence-electron chi connectivity index (χ2n) is 11.1. The van der Waals surface area contributed by atoms with Crippen molar-refractivity contribution in [2.45, 2.75) is 43.7 Å². The molecule has 0 radical (unpaired) electrons. The van der Waals surface area contributed by atoms with Gasteiger partial charge in [0, 0.05) is 29.7 Å². The molecule has 7 rings (SSSR count). The number of fused-ring (bicyclic) bond motifs is 1. The number of amides is 1. The summed E-state index contributed by atoms with van der Waals surface area (Å²) < 4.78 is 11.6. The predicted octanol–water partition coefficient (Wildman–Crippen LogP) is 5.60. The monoisotopic (exact) mass is 522 g/mol. The van der Waals surface area contributed by atoms with E-state index < -0.39 is 0 Å². The van der Waals surface area contributed by atoms with Gasteiger partial charge in [-0.2, -0.15) is 5.10 Å². The van der Waals surface area contributed by atoms with E-state index in [1.165, 1.54) is 0 Å². The fraction of sp³-hybridized carbons (Fsp3) is 0.375. The molecule has 1 unspecified atom stereocenters. The van der Waals surface area contributed by atoms with Crippen LogP contribution in [0.15, 0.2) is 72.8 Å². The smallest absolute Gasteiger partial charge is 0.232 e. The molecule has 3 aliphatic rings. The first-order chi connectivity index (χ1) is 19.2. The fourth-order valence-electron chi connectivity index (χ4n) is 5.94. The van der Waals surface area contributed by atoms with Gasteiger partial charge in [-0.15, -0.1) is 0 Å². The lowest BCUT2D eigenvalue weighted by molar-refractivity contribution is -0.118. The van der Waals surface area contributed by atoms with Gasteiger partial charge in [-0.05, 0) is 79.6 Å². The van der Waals surface area contributed by atoms with E-state index in [1.807, 2.05) is 48.5 Å². The summed E-state index contributed by atoms with van der Waals surface area (Å²) in [5.41, 5.74) is 4.69. The molecule has 200 valence electrons.